The molecular formula is C26H26N4O. The number of nitriles is 1. The van der Waals surface area contributed by atoms with Gasteiger partial charge in [-0.1, -0.05) is 35.9 Å². The first-order valence-corrected chi connectivity index (χ1v) is 10.3. The summed E-state index contributed by atoms with van der Waals surface area (Å²) in [5, 5.41) is 9.71. The maximum absolute atomic E-state index is 12.6. The molecule has 1 aliphatic carbocycles. The summed E-state index contributed by atoms with van der Waals surface area (Å²) in [6.45, 7) is 0. The number of allylic oxidation sites excluding steroid dienone is 1. The summed E-state index contributed by atoms with van der Waals surface area (Å²) < 4.78 is 0. The van der Waals surface area contributed by atoms with E-state index in [1.54, 1.807) is 0 Å². The molecule has 0 bridgehead atoms. The van der Waals surface area contributed by atoms with E-state index in [0.29, 0.717) is 6.42 Å². The predicted octanol–water partition coefficient (Wildman–Crippen LogP) is 4.23. The molecule has 4 rings (SSSR count). The van der Waals surface area contributed by atoms with Gasteiger partial charge in [0.15, 0.2) is 0 Å². The first-order valence-electron chi connectivity index (χ1n) is 10.3. The van der Waals surface area contributed by atoms with Crippen molar-refractivity contribution in [2.24, 2.45) is 0 Å². The lowest BCUT2D eigenvalue weighted by Gasteiger charge is -2.14. The van der Waals surface area contributed by atoms with E-state index in [2.05, 4.69) is 46.3 Å². The molecule has 0 spiro atoms. The van der Waals surface area contributed by atoms with Crippen LogP contribution in [0.3, 0.4) is 0 Å². The van der Waals surface area contributed by atoms with Crippen LogP contribution in [0.4, 0.5) is 11.4 Å². The molecule has 3 aromatic rings. The molecule has 0 saturated carbocycles. The molecule has 0 amide bonds. The van der Waals surface area contributed by atoms with Gasteiger partial charge in [0.1, 0.15) is 11.6 Å². The Kier molecular flexibility index (Phi) is 5.39. The van der Waals surface area contributed by atoms with E-state index in [1.807, 2.05) is 57.4 Å². The van der Waals surface area contributed by atoms with Crippen molar-refractivity contribution in [3.63, 3.8) is 0 Å². The van der Waals surface area contributed by atoms with Gasteiger partial charge < -0.3 is 14.8 Å². The SMILES string of the molecule is CN(C)c1ccc(/C=C2\Cc3[nH]c(=O)c(C#N)c(-c4ccc(N(C)C)cc4)c3C2)cc1. The van der Waals surface area contributed by atoms with Crippen molar-refractivity contribution in [3.05, 3.63) is 86.8 Å². The molecule has 1 heterocycles. The zero-order chi connectivity index (χ0) is 22.1. The Morgan fingerprint density at radius 1 is 0.903 bits per heavy atom. The second-order valence-electron chi connectivity index (χ2n) is 8.36. The zero-order valence-electron chi connectivity index (χ0n) is 18.4. The van der Waals surface area contributed by atoms with Crippen LogP contribution in [0, 0.1) is 11.3 Å². The highest BCUT2D eigenvalue weighted by molar-refractivity contribution is 5.77. The molecule has 0 atom stereocenters. The van der Waals surface area contributed by atoms with Crippen LogP contribution in [0.1, 0.15) is 22.4 Å². The summed E-state index contributed by atoms with van der Waals surface area (Å²) in [6, 6.07) is 18.6. The van der Waals surface area contributed by atoms with E-state index in [1.165, 1.54) is 5.57 Å². The molecule has 0 saturated heterocycles. The Balaban J connectivity index is 1.74. The lowest BCUT2D eigenvalue weighted by Crippen LogP contribution is -2.15. The van der Waals surface area contributed by atoms with Crippen LogP contribution in [0.5, 0.6) is 0 Å². The van der Waals surface area contributed by atoms with Crippen molar-refractivity contribution in [1.29, 1.82) is 5.26 Å². The van der Waals surface area contributed by atoms with Crippen molar-refractivity contribution in [1.82, 2.24) is 4.98 Å². The predicted molar refractivity (Wildman–Crippen MR) is 128 cm³/mol. The number of aromatic nitrogens is 1. The number of fused-ring (bicyclic) bond motifs is 1. The van der Waals surface area contributed by atoms with E-state index in [4.69, 9.17) is 0 Å². The number of hydrogen-bond acceptors (Lipinski definition) is 4. The third-order valence-corrected chi connectivity index (χ3v) is 5.78. The lowest BCUT2D eigenvalue weighted by molar-refractivity contribution is 1.07. The van der Waals surface area contributed by atoms with E-state index in [9.17, 15) is 10.1 Å². The second kappa shape index (κ2) is 8.16. The number of anilines is 2. The molecule has 1 aliphatic rings. The number of H-pyrrole nitrogens is 1. The molecule has 2 aromatic carbocycles. The summed E-state index contributed by atoms with van der Waals surface area (Å²) in [7, 11) is 8.03. The number of benzene rings is 2. The summed E-state index contributed by atoms with van der Waals surface area (Å²) in [4.78, 5) is 19.7. The van der Waals surface area contributed by atoms with Gasteiger partial charge in [0, 0.05) is 57.2 Å². The standard InChI is InChI=1S/C26H26N4O/c1-29(2)20-9-5-17(6-10-20)13-18-14-22-24(15-18)28-26(31)23(16-27)25(22)19-7-11-21(12-8-19)30(3)4/h5-13H,14-15H2,1-4H3,(H,28,31)/b18-13-. The second-order valence-corrected chi connectivity index (χ2v) is 8.36. The molecular weight excluding hydrogens is 384 g/mol. The molecule has 5 nitrogen and oxygen atoms in total. The molecule has 0 aliphatic heterocycles. The fourth-order valence-corrected chi connectivity index (χ4v) is 4.11. The van der Waals surface area contributed by atoms with Gasteiger partial charge in [0.05, 0.1) is 0 Å². The highest BCUT2D eigenvalue weighted by Gasteiger charge is 2.25. The number of nitrogens with zero attached hydrogens (tertiary/aromatic N) is 3. The minimum Gasteiger partial charge on any atom is -0.378 e. The first kappa shape index (κ1) is 20.5. The van der Waals surface area contributed by atoms with Crippen molar-refractivity contribution >= 4 is 17.5 Å². The van der Waals surface area contributed by atoms with E-state index < -0.39 is 0 Å². The van der Waals surface area contributed by atoms with Gasteiger partial charge in [0.2, 0.25) is 0 Å². The van der Waals surface area contributed by atoms with Crippen molar-refractivity contribution in [2.75, 3.05) is 38.0 Å². The molecule has 0 unspecified atom stereocenters. The normalized spacial score (nSPS) is 13.7. The van der Waals surface area contributed by atoms with Crippen molar-refractivity contribution < 1.29 is 0 Å². The van der Waals surface area contributed by atoms with Gasteiger partial charge in [-0.05, 0) is 47.4 Å². The highest BCUT2D eigenvalue weighted by Crippen LogP contribution is 2.36. The Labute approximate surface area is 182 Å². The Morgan fingerprint density at radius 2 is 1.48 bits per heavy atom. The Hall–Kier alpha value is -3.78. The van der Waals surface area contributed by atoms with Gasteiger partial charge in [-0.25, -0.2) is 0 Å². The van der Waals surface area contributed by atoms with Crippen LogP contribution in [0.25, 0.3) is 17.2 Å². The van der Waals surface area contributed by atoms with E-state index in [0.717, 1.165) is 45.7 Å². The molecule has 0 radical (unpaired) electrons. The zero-order valence-corrected chi connectivity index (χ0v) is 18.4. The topological polar surface area (TPSA) is 63.1 Å². The van der Waals surface area contributed by atoms with Gasteiger partial charge >= 0.3 is 0 Å². The fraction of sp³-hybridized carbons (Fsp3) is 0.231. The van der Waals surface area contributed by atoms with Crippen LogP contribution >= 0.6 is 0 Å². The van der Waals surface area contributed by atoms with Crippen LogP contribution in [0.15, 0.2) is 58.9 Å². The summed E-state index contributed by atoms with van der Waals surface area (Å²) in [5.74, 6) is 0. The summed E-state index contributed by atoms with van der Waals surface area (Å²) in [5.41, 5.74) is 8.08. The quantitative estimate of drug-likeness (QED) is 0.699. The summed E-state index contributed by atoms with van der Waals surface area (Å²) >= 11 is 0. The van der Waals surface area contributed by atoms with Crippen LogP contribution in [-0.4, -0.2) is 33.2 Å². The molecule has 1 N–H and O–H groups in total. The maximum Gasteiger partial charge on any atom is 0.266 e. The number of nitrogens with one attached hydrogen (secondary N) is 1. The Morgan fingerprint density at radius 3 is 2.03 bits per heavy atom. The van der Waals surface area contributed by atoms with Gasteiger partial charge in [-0.3, -0.25) is 4.79 Å². The third-order valence-electron chi connectivity index (χ3n) is 5.78. The number of pyridine rings is 1. The fourth-order valence-electron chi connectivity index (χ4n) is 4.11. The smallest absolute Gasteiger partial charge is 0.266 e. The lowest BCUT2D eigenvalue weighted by atomic mass is 9.94. The average molecular weight is 411 g/mol. The van der Waals surface area contributed by atoms with E-state index >= 15 is 0 Å². The molecule has 1 aromatic heterocycles. The van der Waals surface area contributed by atoms with Gasteiger partial charge in [0.25, 0.3) is 5.56 Å². The number of hydrogen-bond donors (Lipinski definition) is 1. The largest absolute Gasteiger partial charge is 0.378 e. The molecule has 5 heteroatoms. The first-order chi connectivity index (χ1) is 14.9. The minimum absolute atomic E-state index is 0.188. The molecule has 156 valence electrons. The Bertz CT molecular complexity index is 1240. The average Bonchev–Trinajstić information content (AvgIpc) is 3.14. The third kappa shape index (κ3) is 3.97. The summed E-state index contributed by atoms with van der Waals surface area (Å²) in [6.07, 6.45) is 3.60. The molecule has 0 fully saturated rings. The van der Waals surface area contributed by atoms with Crippen LogP contribution < -0.4 is 15.4 Å². The maximum atomic E-state index is 12.6. The van der Waals surface area contributed by atoms with Crippen LogP contribution in [-0.2, 0) is 12.8 Å². The van der Waals surface area contributed by atoms with Gasteiger partial charge in [-0.2, -0.15) is 5.26 Å². The number of aromatic amines is 1. The molecule has 31 heavy (non-hydrogen) atoms. The number of rotatable bonds is 4. The van der Waals surface area contributed by atoms with Crippen molar-refractivity contribution in [3.8, 4) is 17.2 Å². The van der Waals surface area contributed by atoms with E-state index in [-0.39, 0.29) is 11.1 Å². The monoisotopic (exact) mass is 410 g/mol. The van der Waals surface area contributed by atoms with Crippen LogP contribution in [0.2, 0.25) is 0 Å². The van der Waals surface area contributed by atoms with Gasteiger partial charge in [-0.15, -0.1) is 0 Å². The minimum atomic E-state index is -0.315. The highest BCUT2D eigenvalue weighted by atomic mass is 16.1. The van der Waals surface area contributed by atoms with Crippen molar-refractivity contribution in [2.45, 2.75) is 12.8 Å².